The molecular formula is C51H62FNO3. The number of carbonyl (C=O) groups is 1. The van der Waals surface area contributed by atoms with Crippen molar-refractivity contribution in [3.63, 3.8) is 0 Å². The van der Waals surface area contributed by atoms with E-state index in [2.05, 4.69) is 108 Å². The van der Waals surface area contributed by atoms with Crippen LogP contribution < -0.4 is 5.32 Å². The van der Waals surface area contributed by atoms with Crippen LogP contribution in [0.2, 0.25) is 0 Å². The third-order valence-corrected chi connectivity index (χ3v) is 18.6. The van der Waals surface area contributed by atoms with Gasteiger partial charge < -0.3 is 14.8 Å². The maximum atomic E-state index is 14.9. The van der Waals surface area contributed by atoms with Gasteiger partial charge in [0.05, 0.1) is 12.2 Å². The molecule has 4 nitrogen and oxygen atoms in total. The Balaban J connectivity index is 0.930. The van der Waals surface area contributed by atoms with Crippen molar-refractivity contribution in [2.24, 2.45) is 51.2 Å². The van der Waals surface area contributed by atoms with Gasteiger partial charge in [-0.3, -0.25) is 0 Å². The van der Waals surface area contributed by atoms with Gasteiger partial charge in [-0.2, -0.15) is 0 Å². The Morgan fingerprint density at radius 1 is 0.804 bits per heavy atom. The van der Waals surface area contributed by atoms with Crippen molar-refractivity contribution in [3.05, 3.63) is 101 Å². The molecule has 1 N–H and O–H groups in total. The molecule has 0 spiro atoms. The molecule has 5 heteroatoms. The summed E-state index contributed by atoms with van der Waals surface area (Å²) in [5, 5.41) is 3.67. The highest BCUT2D eigenvalue weighted by molar-refractivity contribution is 5.79. The summed E-state index contributed by atoms with van der Waals surface area (Å²) in [5.41, 5.74) is 8.19. The first-order valence-electron chi connectivity index (χ1n) is 21.9. The van der Waals surface area contributed by atoms with Gasteiger partial charge in [0, 0.05) is 11.5 Å². The maximum Gasteiger partial charge on any atom is 0.407 e. The molecule has 1 unspecified atom stereocenters. The number of halogens is 1. The van der Waals surface area contributed by atoms with Crippen LogP contribution in [-0.4, -0.2) is 30.4 Å². The monoisotopic (exact) mass is 755 g/mol. The van der Waals surface area contributed by atoms with Crippen LogP contribution in [0.5, 0.6) is 0 Å². The van der Waals surface area contributed by atoms with Gasteiger partial charge in [0.15, 0.2) is 0 Å². The number of hydrogen-bond acceptors (Lipinski definition) is 3. The van der Waals surface area contributed by atoms with E-state index in [4.69, 9.17) is 9.47 Å². The number of fused-ring (bicyclic) bond motifs is 10. The fourth-order valence-electron chi connectivity index (χ4n) is 15.5. The third kappa shape index (κ3) is 5.00. The lowest BCUT2D eigenvalue weighted by atomic mass is 9.33. The molecule has 0 radical (unpaired) electrons. The van der Waals surface area contributed by atoms with E-state index >= 15 is 0 Å². The van der Waals surface area contributed by atoms with E-state index in [0.717, 1.165) is 44.3 Å². The van der Waals surface area contributed by atoms with Gasteiger partial charge in [0.2, 0.25) is 0 Å². The van der Waals surface area contributed by atoms with E-state index in [9.17, 15) is 9.18 Å². The molecule has 4 saturated carbocycles. The second kappa shape index (κ2) is 12.3. The number of aryl methyl sites for hydroxylation is 1. The van der Waals surface area contributed by atoms with Gasteiger partial charge >= 0.3 is 6.09 Å². The van der Waals surface area contributed by atoms with Crippen molar-refractivity contribution in [2.45, 2.75) is 123 Å². The number of epoxide rings is 1. The lowest BCUT2D eigenvalue weighted by Gasteiger charge is -2.72. The van der Waals surface area contributed by atoms with E-state index in [1.165, 1.54) is 53.5 Å². The molecule has 1 saturated heterocycles. The minimum absolute atomic E-state index is 0.0448. The smallest absolute Gasteiger partial charge is 0.407 e. The number of ether oxygens (including phenoxy) is 2. The first kappa shape index (κ1) is 36.9. The molecular weight excluding hydrogens is 694 g/mol. The number of allylic oxidation sites excluding steroid dienone is 2. The van der Waals surface area contributed by atoms with Crippen LogP contribution in [-0.2, 0) is 9.47 Å². The van der Waals surface area contributed by atoms with Crippen LogP contribution in [0.3, 0.4) is 0 Å². The molecule has 56 heavy (non-hydrogen) atoms. The van der Waals surface area contributed by atoms with Crippen molar-refractivity contribution in [3.8, 4) is 11.1 Å². The average molecular weight is 756 g/mol. The van der Waals surface area contributed by atoms with Crippen LogP contribution in [0.4, 0.5) is 9.18 Å². The highest BCUT2D eigenvalue weighted by Crippen LogP contribution is 2.77. The molecule has 3 aromatic carbocycles. The first-order chi connectivity index (χ1) is 26.7. The zero-order valence-corrected chi connectivity index (χ0v) is 34.8. The lowest BCUT2D eigenvalue weighted by molar-refractivity contribution is -0.221. The van der Waals surface area contributed by atoms with Crippen molar-refractivity contribution in [1.82, 2.24) is 5.32 Å². The van der Waals surface area contributed by atoms with E-state index < -0.39 is 0 Å². The SMILES string of the molecule is Cc1ccc(C2=CC[C@]3(C)[C@H]4CC[C@@H]5[C@H]6[C@H](C7(C)CO7)CC[C@]6(NC(=O)OCC6c7ccccc7-c7ccccc76)CC[C@@]5(C)[C@]4(C)CC[C@H]3C2(C)C)cc1F. The first-order valence-corrected chi connectivity index (χ1v) is 21.9. The molecule has 1 aliphatic heterocycles. The summed E-state index contributed by atoms with van der Waals surface area (Å²) in [6.07, 6.45) is 12.4. The van der Waals surface area contributed by atoms with Crippen molar-refractivity contribution in [2.75, 3.05) is 13.2 Å². The van der Waals surface area contributed by atoms with Crippen LogP contribution in [0.25, 0.3) is 16.7 Å². The molecule has 296 valence electrons. The van der Waals surface area contributed by atoms with E-state index in [1.807, 2.05) is 13.0 Å². The molecule has 1 heterocycles. The van der Waals surface area contributed by atoms with E-state index in [1.54, 1.807) is 6.07 Å². The van der Waals surface area contributed by atoms with Gasteiger partial charge in [-0.25, -0.2) is 9.18 Å². The summed E-state index contributed by atoms with van der Waals surface area (Å²) in [6.45, 7) is 18.2. The number of nitrogens with one attached hydrogen (secondary N) is 1. The molecule has 5 fully saturated rings. The van der Waals surface area contributed by atoms with E-state index in [-0.39, 0.29) is 50.6 Å². The predicted octanol–water partition coefficient (Wildman–Crippen LogP) is 12.3. The average Bonchev–Trinajstić information content (AvgIpc) is 3.67. The van der Waals surface area contributed by atoms with Crippen molar-refractivity contribution >= 4 is 11.7 Å². The lowest BCUT2D eigenvalue weighted by Crippen LogP contribution is -2.68. The van der Waals surface area contributed by atoms with Crippen molar-refractivity contribution < 1.29 is 18.7 Å². The summed E-state index contributed by atoms with van der Waals surface area (Å²) in [7, 11) is 0. The van der Waals surface area contributed by atoms with Gasteiger partial charge in [-0.1, -0.05) is 101 Å². The molecule has 10 atom stereocenters. The Morgan fingerprint density at radius 2 is 1.50 bits per heavy atom. The summed E-state index contributed by atoms with van der Waals surface area (Å²) < 4.78 is 27.5. The Kier molecular flexibility index (Phi) is 8.09. The van der Waals surface area contributed by atoms with E-state index in [0.29, 0.717) is 41.8 Å². The van der Waals surface area contributed by atoms with Crippen LogP contribution >= 0.6 is 0 Å². The fourth-order valence-corrected chi connectivity index (χ4v) is 15.5. The Bertz CT molecular complexity index is 2090. The molecule has 0 aromatic heterocycles. The summed E-state index contributed by atoms with van der Waals surface area (Å²) >= 11 is 0. The van der Waals surface area contributed by atoms with Crippen LogP contribution in [0, 0.1) is 64.0 Å². The molecule has 0 bridgehead atoms. The topological polar surface area (TPSA) is 50.9 Å². The highest BCUT2D eigenvalue weighted by atomic mass is 19.1. The molecule has 7 aliphatic rings. The molecule has 1 amide bonds. The minimum Gasteiger partial charge on any atom is -0.449 e. The second-order valence-electron chi connectivity index (χ2n) is 21.1. The number of hydrogen-bond donors (Lipinski definition) is 1. The number of alkyl carbamates (subject to hydrolysis) is 1. The fraction of sp³-hybridized carbons (Fsp3) is 0.588. The van der Waals surface area contributed by atoms with Crippen LogP contribution in [0.1, 0.15) is 128 Å². The van der Waals surface area contributed by atoms with Gasteiger partial charge in [-0.15, -0.1) is 0 Å². The summed E-state index contributed by atoms with van der Waals surface area (Å²) in [4.78, 5) is 14.2. The summed E-state index contributed by atoms with van der Waals surface area (Å²) in [5.74, 6) is 2.40. The number of rotatable bonds is 5. The Hall–Kier alpha value is -3.44. The molecule has 10 rings (SSSR count). The van der Waals surface area contributed by atoms with Gasteiger partial charge in [0.25, 0.3) is 0 Å². The molecule has 3 aromatic rings. The minimum atomic E-state index is -0.273. The van der Waals surface area contributed by atoms with Crippen LogP contribution in [0.15, 0.2) is 72.8 Å². The van der Waals surface area contributed by atoms with Gasteiger partial charge in [0.1, 0.15) is 12.4 Å². The zero-order chi connectivity index (χ0) is 39.0. The second-order valence-corrected chi connectivity index (χ2v) is 21.1. The third-order valence-electron chi connectivity index (χ3n) is 18.6. The number of amides is 1. The summed E-state index contributed by atoms with van der Waals surface area (Å²) in [6, 6.07) is 23.0. The molecule has 6 aliphatic carbocycles. The van der Waals surface area contributed by atoms with Crippen molar-refractivity contribution in [1.29, 1.82) is 0 Å². The van der Waals surface area contributed by atoms with Gasteiger partial charge in [-0.05, 0) is 168 Å². The Labute approximate surface area is 334 Å². The highest BCUT2D eigenvalue weighted by Gasteiger charge is 2.72. The zero-order valence-electron chi connectivity index (χ0n) is 34.8. The standard InChI is InChI=1S/C51H62FNO3/c1-31-16-17-32(28-41(31)52)38-20-23-47(4)42(46(38,2)3)22-24-49(6)43(47)19-18-39-44-40(50(7)30-56-50)21-25-51(44,27-26-48(39,49)5)53-45(54)55-29-37-35-14-10-8-12-33(35)34-13-9-11-15-36(34)37/h8-17,20,28,37,39-40,42-44H,18-19,21-27,29-30H2,1-7H3,(H,53,54)/t39-,40-,42+,43-,44+,47+,48-,49-,50?,51+/m1/s1. The largest absolute Gasteiger partial charge is 0.449 e. The normalized spacial score (nSPS) is 40.2. The maximum absolute atomic E-state index is 14.9. The number of carbonyl (C=O) groups excluding carboxylic acids is 1. The quantitative estimate of drug-likeness (QED) is 0.264. The Morgan fingerprint density at radius 3 is 2.18 bits per heavy atom. The number of benzene rings is 3. The predicted molar refractivity (Wildman–Crippen MR) is 222 cm³/mol.